The maximum Gasteiger partial charge on any atom is 0.157 e. The van der Waals surface area contributed by atoms with Gasteiger partial charge in [0.15, 0.2) is 5.65 Å². The molecule has 0 aliphatic heterocycles. The van der Waals surface area contributed by atoms with Crippen molar-refractivity contribution in [1.82, 2.24) is 14.4 Å². The minimum absolute atomic E-state index is 0.831. The summed E-state index contributed by atoms with van der Waals surface area (Å²) in [7, 11) is 0. The van der Waals surface area contributed by atoms with Crippen LogP contribution in [-0.4, -0.2) is 14.4 Å². The van der Waals surface area contributed by atoms with Gasteiger partial charge in [0.2, 0.25) is 0 Å². The van der Waals surface area contributed by atoms with Gasteiger partial charge in [-0.1, -0.05) is 0 Å². The van der Waals surface area contributed by atoms with Crippen LogP contribution in [0.15, 0.2) is 24.8 Å². The molecule has 43 valence electrons. The van der Waals surface area contributed by atoms with Crippen LogP contribution in [-0.2, 0) is 0 Å². The van der Waals surface area contributed by atoms with Gasteiger partial charge < -0.3 is 0 Å². The van der Waals surface area contributed by atoms with Crippen molar-refractivity contribution in [3.05, 3.63) is 31.0 Å². The van der Waals surface area contributed by atoms with Gasteiger partial charge in [-0.05, 0) is 6.07 Å². The third-order valence-corrected chi connectivity index (χ3v) is 1.13. The summed E-state index contributed by atoms with van der Waals surface area (Å²) < 4.78 is 1.83. The van der Waals surface area contributed by atoms with Gasteiger partial charge in [-0.2, -0.15) is 0 Å². The fraction of sp³-hybridized carbons (Fsp3) is 0. The number of nitrogens with zero attached hydrogens (tertiary/aromatic N) is 3. The quantitative estimate of drug-likeness (QED) is 0.505. The van der Waals surface area contributed by atoms with Gasteiger partial charge in [0, 0.05) is 6.20 Å². The summed E-state index contributed by atoms with van der Waals surface area (Å²) >= 11 is 0. The smallest absolute Gasteiger partial charge is 0.157 e. The highest BCUT2D eigenvalue weighted by atomic mass is 15.0. The molecule has 0 saturated carbocycles. The molecule has 0 saturated heterocycles. The van der Waals surface area contributed by atoms with Crippen molar-refractivity contribution in [1.29, 1.82) is 0 Å². The van der Waals surface area contributed by atoms with Gasteiger partial charge in [0.25, 0.3) is 0 Å². The molecule has 3 nitrogen and oxygen atoms in total. The molecule has 2 heterocycles. The van der Waals surface area contributed by atoms with Gasteiger partial charge in [0.05, 0.1) is 12.4 Å². The maximum atomic E-state index is 3.92. The molecular weight excluding hydrogens is 114 g/mol. The van der Waals surface area contributed by atoms with Crippen molar-refractivity contribution in [2.24, 2.45) is 0 Å². The molecule has 0 bridgehead atoms. The Hall–Kier alpha value is -1.38. The van der Waals surface area contributed by atoms with Crippen molar-refractivity contribution in [3.63, 3.8) is 0 Å². The van der Waals surface area contributed by atoms with Gasteiger partial charge in [-0.3, -0.25) is 4.40 Å². The van der Waals surface area contributed by atoms with Crippen LogP contribution in [0.25, 0.3) is 5.65 Å². The van der Waals surface area contributed by atoms with Crippen LogP contribution in [0.5, 0.6) is 0 Å². The van der Waals surface area contributed by atoms with E-state index in [0.717, 1.165) is 5.65 Å². The monoisotopic (exact) mass is 118 g/mol. The predicted molar refractivity (Wildman–Crippen MR) is 31.8 cm³/mol. The van der Waals surface area contributed by atoms with Crippen molar-refractivity contribution in [2.45, 2.75) is 0 Å². The van der Waals surface area contributed by atoms with Crippen LogP contribution in [0.2, 0.25) is 0 Å². The zero-order valence-corrected chi connectivity index (χ0v) is 4.65. The lowest BCUT2D eigenvalue weighted by atomic mass is 10.6. The largest absolute Gasteiger partial charge is 0.291 e. The van der Waals surface area contributed by atoms with E-state index in [1.807, 2.05) is 10.6 Å². The van der Waals surface area contributed by atoms with E-state index < -0.39 is 0 Å². The molecule has 0 spiro atoms. The van der Waals surface area contributed by atoms with Crippen LogP contribution in [0.3, 0.4) is 0 Å². The molecule has 3 heteroatoms. The van der Waals surface area contributed by atoms with E-state index >= 15 is 0 Å². The molecule has 9 heavy (non-hydrogen) atoms. The van der Waals surface area contributed by atoms with Gasteiger partial charge in [0.1, 0.15) is 6.33 Å². The molecule has 0 amide bonds. The number of rotatable bonds is 0. The Labute approximate surface area is 52.0 Å². The van der Waals surface area contributed by atoms with Gasteiger partial charge in [-0.25, -0.2) is 9.97 Å². The number of hydrogen-bond acceptors (Lipinski definition) is 2. The minimum Gasteiger partial charge on any atom is -0.291 e. The first kappa shape index (κ1) is 4.49. The highest BCUT2D eigenvalue weighted by molar-refractivity contribution is 5.32. The average molecular weight is 118 g/mol. The van der Waals surface area contributed by atoms with Crippen molar-refractivity contribution in [3.8, 4) is 0 Å². The van der Waals surface area contributed by atoms with E-state index in [4.69, 9.17) is 0 Å². The number of fused-ring (bicyclic) bond motifs is 1. The molecule has 0 fully saturated rings. The number of imidazole rings is 1. The number of hydrogen-bond donors (Lipinski definition) is 0. The van der Waals surface area contributed by atoms with Gasteiger partial charge >= 0.3 is 0 Å². The molecule has 2 aromatic rings. The van der Waals surface area contributed by atoms with Crippen LogP contribution < -0.4 is 0 Å². The normalized spacial score (nSPS) is 10.2. The summed E-state index contributed by atoms with van der Waals surface area (Å²) in [5.41, 5.74) is 0.831. The Balaban J connectivity index is 2.95. The molecule has 1 radical (unpaired) electrons. The summed E-state index contributed by atoms with van der Waals surface area (Å²) in [6, 6.07) is 1.74. The number of aromatic nitrogens is 3. The van der Waals surface area contributed by atoms with Crippen LogP contribution in [0.4, 0.5) is 0 Å². The Bertz CT molecular complexity index is 282. The van der Waals surface area contributed by atoms with E-state index in [-0.39, 0.29) is 0 Å². The fourth-order valence-corrected chi connectivity index (χ4v) is 0.716. The predicted octanol–water partition coefficient (Wildman–Crippen LogP) is 0.529. The lowest BCUT2D eigenvalue weighted by molar-refractivity contribution is 1.11. The summed E-state index contributed by atoms with van der Waals surface area (Å²) in [5.74, 6) is 0. The Morgan fingerprint density at radius 2 is 2.56 bits per heavy atom. The van der Waals surface area contributed by atoms with Crippen molar-refractivity contribution < 1.29 is 0 Å². The molecule has 2 aromatic heterocycles. The van der Waals surface area contributed by atoms with E-state index in [2.05, 4.69) is 16.2 Å². The minimum atomic E-state index is 0.831. The summed E-state index contributed by atoms with van der Waals surface area (Å²) in [6.45, 7) is 0. The summed E-state index contributed by atoms with van der Waals surface area (Å²) in [4.78, 5) is 7.80. The standard InChI is InChI=1S/C6H4N3/c1-2-8-6-4-7-5-9(6)3-1/h1,3-5H. The second kappa shape index (κ2) is 1.55. The maximum absolute atomic E-state index is 3.92. The lowest BCUT2D eigenvalue weighted by Gasteiger charge is -1.85. The Morgan fingerprint density at radius 1 is 1.56 bits per heavy atom. The molecule has 0 unspecified atom stereocenters. The summed E-state index contributed by atoms with van der Waals surface area (Å²) in [5, 5.41) is 0. The lowest BCUT2D eigenvalue weighted by Crippen LogP contribution is -1.81. The van der Waals surface area contributed by atoms with Crippen LogP contribution in [0.1, 0.15) is 0 Å². The molecular formula is C6H4N3. The zero-order chi connectivity index (χ0) is 6.10. The molecule has 0 N–H and O–H groups in total. The first-order chi connectivity index (χ1) is 4.47. The molecule has 0 aliphatic rings. The van der Waals surface area contributed by atoms with Gasteiger partial charge in [-0.15, -0.1) is 0 Å². The second-order valence-corrected chi connectivity index (χ2v) is 1.72. The van der Waals surface area contributed by atoms with Crippen molar-refractivity contribution in [2.75, 3.05) is 0 Å². The zero-order valence-electron chi connectivity index (χ0n) is 4.65. The van der Waals surface area contributed by atoms with E-state index in [1.165, 1.54) is 0 Å². The second-order valence-electron chi connectivity index (χ2n) is 1.72. The molecule has 0 atom stereocenters. The van der Waals surface area contributed by atoms with Crippen molar-refractivity contribution >= 4 is 5.65 Å². The first-order valence-electron chi connectivity index (χ1n) is 2.61. The van der Waals surface area contributed by atoms with E-state index in [9.17, 15) is 0 Å². The highest BCUT2D eigenvalue weighted by Gasteiger charge is 1.87. The summed E-state index contributed by atoms with van der Waals surface area (Å²) in [6.07, 6.45) is 7.96. The highest BCUT2D eigenvalue weighted by Crippen LogP contribution is 1.92. The fourth-order valence-electron chi connectivity index (χ4n) is 0.716. The molecule has 0 aliphatic carbocycles. The Morgan fingerprint density at radius 3 is 3.44 bits per heavy atom. The van der Waals surface area contributed by atoms with E-state index in [0.29, 0.717) is 0 Å². The Kier molecular flexibility index (Phi) is 0.773. The van der Waals surface area contributed by atoms with Crippen LogP contribution in [0, 0.1) is 6.20 Å². The third kappa shape index (κ3) is 0.579. The molecule has 2 rings (SSSR count). The average Bonchev–Trinajstić information content (AvgIpc) is 2.33. The topological polar surface area (TPSA) is 30.2 Å². The SMILES string of the molecule is [c]1ccn2cncc2n1. The third-order valence-electron chi connectivity index (χ3n) is 1.13. The van der Waals surface area contributed by atoms with Crippen LogP contribution >= 0.6 is 0 Å². The molecule has 0 aromatic carbocycles. The first-order valence-corrected chi connectivity index (χ1v) is 2.61. The van der Waals surface area contributed by atoms with E-state index in [1.54, 1.807) is 18.6 Å².